The molecule has 0 spiro atoms. The lowest BCUT2D eigenvalue weighted by Crippen LogP contribution is -2.42. The van der Waals surface area contributed by atoms with Crippen molar-refractivity contribution in [1.82, 2.24) is 19.6 Å². The number of aromatic amines is 1. The molecule has 0 bridgehead atoms. The monoisotopic (exact) mass is 656 g/mol. The number of likely N-dealkylation sites (tertiary alicyclic amines) is 1. The van der Waals surface area contributed by atoms with Crippen molar-refractivity contribution in [2.75, 3.05) is 32.7 Å². The van der Waals surface area contributed by atoms with Crippen molar-refractivity contribution in [2.24, 2.45) is 17.5 Å². The average molecular weight is 657 g/mol. The summed E-state index contributed by atoms with van der Waals surface area (Å²) in [6.45, 7) is 4.03. The van der Waals surface area contributed by atoms with Gasteiger partial charge in [0.15, 0.2) is 5.76 Å². The van der Waals surface area contributed by atoms with Gasteiger partial charge < -0.3 is 30.8 Å². The summed E-state index contributed by atoms with van der Waals surface area (Å²) in [7, 11) is -4.05. The molecule has 46 heavy (non-hydrogen) atoms. The number of aliphatic hydroxyl groups is 2. The number of rotatable bonds is 11. The summed E-state index contributed by atoms with van der Waals surface area (Å²) in [6, 6.07) is 7.29. The molecule has 2 heterocycles. The number of aliphatic hydroxyl groups excluding tert-OH is 2. The summed E-state index contributed by atoms with van der Waals surface area (Å²) in [5.74, 6) is 3.53. The molecule has 244 valence electrons. The van der Waals surface area contributed by atoms with Gasteiger partial charge in [0.05, 0.1) is 28.0 Å². The van der Waals surface area contributed by atoms with Crippen LogP contribution in [0.2, 0.25) is 0 Å². The summed E-state index contributed by atoms with van der Waals surface area (Å²) in [4.78, 5) is 4.88. The molecule has 8 N–H and O–H groups in total. The molecule has 1 aliphatic heterocycles. The van der Waals surface area contributed by atoms with Crippen molar-refractivity contribution >= 4 is 32.2 Å². The van der Waals surface area contributed by atoms with E-state index in [1.807, 2.05) is 0 Å². The summed E-state index contributed by atoms with van der Waals surface area (Å²) in [5.41, 5.74) is 12.1. The molecule has 0 radical (unpaired) electrons. The van der Waals surface area contributed by atoms with E-state index in [2.05, 4.69) is 26.1 Å². The van der Waals surface area contributed by atoms with Crippen molar-refractivity contribution in [1.29, 1.82) is 0 Å². The molecule has 14 heteroatoms. The number of aromatic nitrogens is 1. The van der Waals surface area contributed by atoms with Gasteiger partial charge in [-0.05, 0) is 80.9 Å². The van der Waals surface area contributed by atoms with E-state index in [9.17, 15) is 31.8 Å². The Morgan fingerprint density at radius 2 is 1.96 bits per heavy atom. The van der Waals surface area contributed by atoms with Crippen molar-refractivity contribution in [2.45, 2.75) is 30.8 Å². The van der Waals surface area contributed by atoms with Crippen molar-refractivity contribution in [3.8, 4) is 0 Å². The Morgan fingerprint density at radius 1 is 1.22 bits per heavy atom. The van der Waals surface area contributed by atoms with Gasteiger partial charge in [0.2, 0.25) is 10.0 Å². The minimum absolute atomic E-state index is 0.0916. The lowest BCUT2D eigenvalue weighted by atomic mass is 9.96. The fraction of sp³-hybridized carbons (Fsp3) is 0.312. The predicted molar refractivity (Wildman–Crippen MR) is 168 cm³/mol. The van der Waals surface area contributed by atoms with Crippen LogP contribution in [-0.4, -0.2) is 66.2 Å². The second-order valence-corrected chi connectivity index (χ2v) is 13.1. The van der Waals surface area contributed by atoms with E-state index in [1.165, 1.54) is 17.1 Å². The van der Waals surface area contributed by atoms with Gasteiger partial charge in [-0.25, -0.2) is 32.2 Å². The van der Waals surface area contributed by atoms with Gasteiger partial charge in [0.25, 0.3) is 0 Å². The maximum absolute atomic E-state index is 14.8. The number of hydrogen-bond acceptors (Lipinski definition) is 8. The quantitative estimate of drug-likeness (QED) is 0.102. The lowest BCUT2D eigenvalue weighted by Gasteiger charge is -2.33. The molecule has 0 saturated carbocycles. The smallest absolute Gasteiger partial charge is 0.240 e. The molecule has 0 amide bonds. The molecule has 5 rings (SSSR count). The molecule has 1 aromatic heterocycles. The summed E-state index contributed by atoms with van der Waals surface area (Å²) >= 11 is 0. The van der Waals surface area contributed by atoms with Crippen LogP contribution in [0, 0.1) is 17.6 Å². The number of nitrogens with two attached hydrogens (primary N) is 2. The first-order valence-corrected chi connectivity index (χ1v) is 16.1. The van der Waals surface area contributed by atoms with E-state index in [-0.39, 0.29) is 28.6 Å². The zero-order valence-electron chi connectivity index (χ0n) is 25.0. The standard InChI is InChI=1S/C32H35F3N6O4S/c1-19(42)32-31(24-15-21(33)5-8-28(24)39-32)27(36)18-41(37)17-20-9-12-40(13-10-20)14-11-38-46(44,45)22-6-7-23(26(35)16-22)30-25(34)3-2-4-29(30)43/h3,5-8,15-16,18-20,38-39,42-43H,9-14,17,36-37H2,1H3/b27-18-. The maximum atomic E-state index is 14.8. The van der Waals surface area contributed by atoms with Gasteiger partial charge in [-0.3, -0.25) is 0 Å². The van der Waals surface area contributed by atoms with Crippen LogP contribution in [-0.2, 0) is 10.0 Å². The molecule has 10 nitrogen and oxygen atoms in total. The van der Waals surface area contributed by atoms with Gasteiger partial charge >= 0.3 is 0 Å². The highest BCUT2D eigenvalue weighted by atomic mass is 32.2. The summed E-state index contributed by atoms with van der Waals surface area (Å²) < 4.78 is 71.0. The number of nitrogens with zero attached hydrogens (tertiary/aromatic N) is 2. The van der Waals surface area contributed by atoms with Crippen LogP contribution in [0.5, 0.6) is 0 Å². The Labute approximate surface area is 264 Å². The molecule has 1 fully saturated rings. The van der Waals surface area contributed by atoms with Crippen LogP contribution in [0.25, 0.3) is 22.2 Å². The second kappa shape index (κ2) is 13.6. The van der Waals surface area contributed by atoms with Crippen LogP contribution >= 0.6 is 0 Å². The highest BCUT2D eigenvalue weighted by Gasteiger charge is 2.24. The van der Waals surface area contributed by atoms with Gasteiger partial charge in [-0.2, -0.15) is 0 Å². The van der Waals surface area contributed by atoms with Crippen molar-refractivity contribution < 1.29 is 31.8 Å². The Hall–Kier alpha value is -4.26. The lowest BCUT2D eigenvalue weighted by molar-refractivity contribution is 0.163. The first-order chi connectivity index (χ1) is 21.8. The third-order valence-electron chi connectivity index (χ3n) is 8.08. The topological polar surface area (TPSA) is 161 Å². The SMILES string of the molecule is CC(O)c1[nH]c2ccc(F)cc2c1/C(N)=C/N(N)CC1CCN(CCNS(=O)(=O)c2ccc(C3=C(F)C=C=C=C3O)c(F)c2)CC1. The number of piperidine rings is 1. The van der Waals surface area contributed by atoms with Gasteiger partial charge in [-0.15, -0.1) is 0 Å². The van der Waals surface area contributed by atoms with Crippen LogP contribution in [0.1, 0.15) is 42.7 Å². The number of allylic oxidation sites excluding steroid dienone is 3. The first kappa shape index (κ1) is 33.1. The normalized spacial score (nSPS) is 17.2. The number of H-pyrrole nitrogens is 1. The number of halogens is 3. The molecule has 1 saturated heterocycles. The molecule has 1 aliphatic carbocycles. The van der Waals surface area contributed by atoms with Crippen LogP contribution < -0.4 is 16.3 Å². The van der Waals surface area contributed by atoms with E-state index < -0.39 is 44.9 Å². The number of fused-ring (bicyclic) bond motifs is 1. The summed E-state index contributed by atoms with van der Waals surface area (Å²) in [6.07, 6.45) is 3.21. The molecule has 1 atom stereocenters. The van der Waals surface area contributed by atoms with E-state index in [0.29, 0.717) is 48.3 Å². The van der Waals surface area contributed by atoms with Gasteiger partial charge in [-0.1, -0.05) is 5.73 Å². The van der Waals surface area contributed by atoms with E-state index in [4.69, 9.17) is 11.6 Å². The predicted octanol–water partition coefficient (Wildman–Crippen LogP) is 4.07. The van der Waals surface area contributed by atoms with Crippen molar-refractivity contribution in [3.05, 3.63) is 100 Å². The number of benzene rings is 2. The van der Waals surface area contributed by atoms with E-state index >= 15 is 0 Å². The highest BCUT2D eigenvalue weighted by molar-refractivity contribution is 7.89. The zero-order valence-corrected chi connectivity index (χ0v) is 25.8. The minimum atomic E-state index is -4.05. The Morgan fingerprint density at radius 3 is 2.63 bits per heavy atom. The molecular formula is C32H35F3N6O4S. The number of hydrazine groups is 1. The number of hydrogen-bond donors (Lipinski definition) is 6. The van der Waals surface area contributed by atoms with E-state index in [0.717, 1.165) is 37.1 Å². The Bertz CT molecular complexity index is 1920. The Kier molecular flexibility index (Phi) is 9.80. The van der Waals surface area contributed by atoms with E-state index in [1.54, 1.807) is 19.2 Å². The molecule has 3 aromatic rings. The first-order valence-electron chi connectivity index (χ1n) is 14.6. The second-order valence-electron chi connectivity index (χ2n) is 11.4. The maximum Gasteiger partial charge on any atom is 0.240 e. The fourth-order valence-corrected chi connectivity index (χ4v) is 6.79. The van der Waals surface area contributed by atoms with Gasteiger partial charge in [0.1, 0.15) is 17.5 Å². The van der Waals surface area contributed by atoms with Crippen molar-refractivity contribution in [3.63, 3.8) is 0 Å². The third-order valence-corrected chi connectivity index (χ3v) is 9.54. The summed E-state index contributed by atoms with van der Waals surface area (Å²) in [5, 5.41) is 22.2. The van der Waals surface area contributed by atoms with Crippen LogP contribution in [0.3, 0.4) is 0 Å². The largest absolute Gasteiger partial charge is 0.500 e. The fourth-order valence-electron chi connectivity index (χ4n) is 5.75. The third kappa shape index (κ3) is 7.24. The van der Waals surface area contributed by atoms with Crippen LogP contribution in [0.15, 0.2) is 76.6 Å². The zero-order chi connectivity index (χ0) is 33.2. The highest BCUT2D eigenvalue weighted by Crippen LogP contribution is 2.32. The Balaban J connectivity index is 1.12. The minimum Gasteiger partial charge on any atom is -0.500 e. The van der Waals surface area contributed by atoms with Gasteiger partial charge in [0, 0.05) is 53.9 Å². The molecular weight excluding hydrogens is 621 g/mol. The molecule has 1 unspecified atom stereocenters. The van der Waals surface area contributed by atoms with Crippen LogP contribution in [0.4, 0.5) is 13.2 Å². The number of sulfonamides is 1. The average Bonchev–Trinajstić information content (AvgIpc) is 3.38. The number of nitrogens with one attached hydrogen (secondary N) is 2. The molecule has 2 aliphatic rings. The molecule has 2 aromatic carbocycles.